The maximum atomic E-state index is 12.4. The average Bonchev–Trinajstić information content (AvgIpc) is 2.79. The van der Waals surface area contributed by atoms with E-state index < -0.39 is 0 Å². The predicted octanol–water partition coefficient (Wildman–Crippen LogP) is 3.91. The van der Waals surface area contributed by atoms with Gasteiger partial charge in [-0.15, -0.1) is 0 Å². The van der Waals surface area contributed by atoms with Crippen LogP contribution >= 0.6 is 11.8 Å². The number of amides is 1. The van der Waals surface area contributed by atoms with Crippen LogP contribution in [-0.2, 0) is 4.79 Å². The first-order chi connectivity index (χ1) is 15.5. The fraction of sp³-hybridized carbons (Fsp3) is 0.130. The second-order valence-electron chi connectivity index (χ2n) is 6.49. The Bertz CT molecular complexity index is 1210. The summed E-state index contributed by atoms with van der Waals surface area (Å²) < 4.78 is 5.38. The number of phenolic OH excluding ortho intramolecular Hbond substituents is 1. The number of pyridine rings is 1. The summed E-state index contributed by atoms with van der Waals surface area (Å²) in [5.74, 6) is 0.406. The van der Waals surface area contributed by atoms with E-state index in [2.05, 4.69) is 16.4 Å². The number of nitriles is 2. The number of nitrogens with zero attached hydrogens (tertiary/aromatic N) is 3. The predicted molar refractivity (Wildman–Crippen MR) is 122 cm³/mol. The van der Waals surface area contributed by atoms with Crippen LogP contribution < -0.4 is 15.8 Å². The minimum atomic E-state index is -0.293. The summed E-state index contributed by atoms with van der Waals surface area (Å²) in [5, 5.41) is 31.9. The highest BCUT2D eigenvalue weighted by molar-refractivity contribution is 8.00. The summed E-state index contributed by atoms with van der Waals surface area (Å²) in [6.45, 7) is 2.44. The highest BCUT2D eigenvalue weighted by Gasteiger charge is 2.21. The van der Waals surface area contributed by atoms with Crippen LogP contribution in [0.5, 0.6) is 11.5 Å². The Morgan fingerprint density at radius 2 is 1.78 bits per heavy atom. The van der Waals surface area contributed by atoms with Crippen molar-refractivity contribution in [3.05, 3.63) is 59.7 Å². The number of anilines is 2. The molecule has 0 fully saturated rings. The number of nitrogens with two attached hydrogens (primary N) is 1. The number of thioether (sulfide) groups is 1. The first kappa shape index (κ1) is 22.5. The molecule has 1 aromatic heterocycles. The number of carbonyl (C=O) groups excluding carboxylic acids is 1. The summed E-state index contributed by atoms with van der Waals surface area (Å²) in [6, 6.07) is 17.1. The molecule has 8 nitrogen and oxygen atoms in total. The zero-order chi connectivity index (χ0) is 23.1. The smallest absolute Gasteiger partial charge is 0.234 e. The molecule has 0 unspecified atom stereocenters. The molecule has 4 N–H and O–H groups in total. The number of hydrogen-bond donors (Lipinski definition) is 3. The van der Waals surface area contributed by atoms with Crippen molar-refractivity contribution in [2.75, 3.05) is 23.4 Å². The van der Waals surface area contributed by atoms with E-state index >= 15 is 0 Å². The first-order valence-electron chi connectivity index (χ1n) is 9.55. The van der Waals surface area contributed by atoms with Crippen LogP contribution in [0.1, 0.15) is 18.1 Å². The SMILES string of the molecule is CCOc1ccc(NC(=O)CSc2nc(N)c(C#N)c(-c3ccc(O)cc3)c2C#N)cc1. The second-order valence-corrected chi connectivity index (χ2v) is 7.46. The van der Waals surface area contributed by atoms with E-state index in [0.29, 0.717) is 29.2 Å². The number of nitrogen functional groups attached to an aromatic ring is 1. The maximum Gasteiger partial charge on any atom is 0.234 e. The van der Waals surface area contributed by atoms with E-state index in [9.17, 15) is 20.4 Å². The van der Waals surface area contributed by atoms with Gasteiger partial charge in [-0.3, -0.25) is 4.79 Å². The molecular formula is C23H19N5O3S. The quantitative estimate of drug-likeness (QED) is 0.464. The van der Waals surface area contributed by atoms with Gasteiger partial charge >= 0.3 is 0 Å². The Morgan fingerprint density at radius 1 is 1.12 bits per heavy atom. The van der Waals surface area contributed by atoms with Gasteiger partial charge in [0.1, 0.15) is 40.0 Å². The van der Waals surface area contributed by atoms with E-state index in [1.54, 1.807) is 36.4 Å². The van der Waals surface area contributed by atoms with Crippen LogP contribution in [0, 0.1) is 22.7 Å². The van der Waals surface area contributed by atoms with Gasteiger partial charge < -0.3 is 20.9 Å². The van der Waals surface area contributed by atoms with Gasteiger partial charge in [0, 0.05) is 11.3 Å². The second kappa shape index (κ2) is 10.2. The Labute approximate surface area is 189 Å². The Kier molecular flexibility index (Phi) is 7.17. The summed E-state index contributed by atoms with van der Waals surface area (Å²) in [4.78, 5) is 16.6. The topological polar surface area (TPSA) is 145 Å². The molecule has 1 heterocycles. The van der Waals surface area contributed by atoms with Crippen molar-refractivity contribution < 1.29 is 14.6 Å². The lowest BCUT2D eigenvalue weighted by atomic mass is 9.97. The molecule has 0 aliphatic rings. The standard InChI is InChI=1S/C23H19N5O3S/c1-2-31-17-9-5-15(6-10-17)27-20(30)13-32-23-19(12-25)21(18(11-24)22(26)28-23)14-3-7-16(29)8-4-14/h3-10,29H,2,13H2,1H3,(H2,26,28)(H,27,30). The van der Waals surface area contributed by atoms with Gasteiger partial charge in [0.25, 0.3) is 0 Å². The third kappa shape index (κ3) is 5.09. The lowest BCUT2D eigenvalue weighted by molar-refractivity contribution is -0.113. The summed E-state index contributed by atoms with van der Waals surface area (Å²) >= 11 is 1.05. The maximum absolute atomic E-state index is 12.4. The molecular weight excluding hydrogens is 426 g/mol. The highest BCUT2D eigenvalue weighted by Crippen LogP contribution is 2.36. The van der Waals surface area contributed by atoms with Crippen molar-refractivity contribution in [3.63, 3.8) is 0 Å². The van der Waals surface area contributed by atoms with E-state index in [0.717, 1.165) is 11.8 Å². The Morgan fingerprint density at radius 3 is 2.38 bits per heavy atom. The number of nitrogens with one attached hydrogen (secondary N) is 1. The van der Waals surface area contributed by atoms with Gasteiger partial charge in [-0.2, -0.15) is 10.5 Å². The third-order valence-corrected chi connectivity index (χ3v) is 5.34. The van der Waals surface area contributed by atoms with Crippen LogP contribution in [0.4, 0.5) is 11.5 Å². The molecule has 3 aromatic rings. The van der Waals surface area contributed by atoms with E-state index in [-0.39, 0.29) is 39.4 Å². The molecule has 0 bridgehead atoms. The zero-order valence-electron chi connectivity index (χ0n) is 17.1. The number of benzene rings is 2. The number of hydrogen-bond acceptors (Lipinski definition) is 8. The van der Waals surface area contributed by atoms with Crippen molar-refractivity contribution in [3.8, 4) is 34.8 Å². The van der Waals surface area contributed by atoms with Gasteiger partial charge in [-0.05, 0) is 48.9 Å². The minimum absolute atomic E-state index is 0.0186. The van der Waals surface area contributed by atoms with Crippen molar-refractivity contribution in [1.29, 1.82) is 10.5 Å². The van der Waals surface area contributed by atoms with Crippen LogP contribution in [0.15, 0.2) is 53.6 Å². The molecule has 0 aliphatic carbocycles. The molecule has 3 rings (SSSR count). The third-order valence-electron chi connectivity index (χ3n) is 4.36. The number of carbonyl (C=O) groups is 1. The zero-order valence-corrected chi connectivity index (χ0v) is 17.9. The van der Waals surface area contributed by atoms with Gasteiger partial charge in [-0.25, -0.2) is 4.98 Å². The molecule has 0 atom stereocenters. The fourth-order valence-corrected chi connectivity index (χ4v) is 3.75. The van der Waals surface area contributed by atoms with Crippen molar-refractivity contribution in [2.45, 2.75) is 11.9 Å². The highest BCUT2D eigenvalue weighted by atomic mass is 32.2. The minimum Gasteiger partial charge on any atom is -0.508 e. The molecule has 0 saturated heterocycles. The first-order valence-corrected chi connectivity index (χ1v) is 10.5. The molecule has 0 saturated carbocycles. The molecule has 32 heavy (non-hydrogen) atoms. The molecule has 1 amide bonds. The normalized spacial score (nSPS) is 10.1. The average molecular weight is 446 g/mol. The van der Waals surface area contributed by atoms with Gasteiger partial charge in [0.2, 0.25) is 5.91 Å². The van der Waals surface area contributed by atoms with Gasteiger partial charge in [-0.1, -0.05) is 23.9 Å². The van der Waals surface area contributed by atoms with Crippen molar-refractivity contribution >= 4 is 29.2 Å². The summed E-state index contributed by atoms with van der Waals surface area (Å²) in [6.07, 6.45) is 0. The number of aromatic nitrogens is 1. The molecule has 2 aromatic carbocycles. The number of aromatic hydroxyl groups is 1. The van der Waals surface area contributed by atoms with Crippen LogP contribution in [0.2, 0.25) is 0 Å². The Hall–Kier alpha value is -4.21. The largest absolute Gasteiger partial charge is 0.508 e. The summed E-state index contributed by atoms with van der Waals surface area (Å²) in [7, 11) is 0. The molecule has 160 valence electrons. The van der Waals surface area contributed by atoms with Gasteiger partial charge in [0.05, 0.1) is 17.9 Å². The lowest BCUT2D eigenvalue weighted by Crippen LogP contribution is -2.14. The van der Waals surface area contributed by atoms with Crippen LogP contribution in [0.25, 0.3) is 11.1 Å². The van der Waals surface area contributed by atoms with E-state index in [1.165, 1.54) is 12.1 Å². The molecule has 0 aliphatic heterocycles. The van der Waals surface area contributed by atoms with E-state index in [1.807, 2.05) is 13.0 Å². The van der Waals surface area contributed by atoms with Gasteiger partial charge in [0.15, 0.2) is 0 Å². The number of ether oxygens (including phenoxy) is 1. The Balaban J connectivity index is 1.83. The van der Waals surface area contributed by atoms with Crippen LogP contribution in [-0.4, -0.2) is 28.4 Å². The molecule has 0 radical (unpaired) electrons. The van der Waals surface area contributed by atoms with Crippen LogP contribution in [0.3, 0.4) is 0 Å². The lowest BCUT2D eigenvalue weighted by Gasteiger charge is -2.13. The van der Waals surface area contributed by atoms with E-state index in [4.69, 9.17) is 10.5 Å². The summed E-state index contributed by atoms with van der Waals surface area (Å²) in [5.41, 5.74) is 7.64. The monoisotopic (exact) mass is 445 g/mol. The number of rotatable bonds is 7. The van der Waals surface area contributed by atoms with Crippen molar-refractivity contribution in [2.24, 2.45) is 0 Å². The fourth-order valence-electron chi connectivity index (χ4n) is 2.95. The van der Waals surface area contributed by atoms with Crippen molar-refractivity contribution in [1.82, 2.24) is 4.98 Å². The molecule has 9 heteroatoms. The number of phenols is 1. The molecule has 0 spiro atoms.